The molecule has 0 saturated carbocycles. The van der Waals surface area contributed by atoms with Crippen LogP contribution >= 0.6 is 12.2 Å². The minimum Gasteiger partial charge on any atom is -0.194 e. The molecule has 1 nitrogen and oxygen atoms in total. The molecule has 1 aliphatic carbocycles. The SMILES string of the molecule is Cc1cc2c(c(C)c1C#Cc1ccc(C#Cc3cc(C)c(N=C=S)c(C)c3)cc1)CCC(C)C2. The predicted molar refractivity (Wildman–Crippen MR) is 146 cm³/mol. The van der Waals surface area contributed by atoms with Gasteiger partial charge in [0.25, 0.3) is 0 Å². The van der Waals surface area contributed by atoms with E-state index in [0.29, 0.717) is 0 Å². The summed E-state index contributed by atoms with van der Waals surface area (Å²) in [5.41, 5.74) is 12.8. The maximum atomic E-state index is 4.74. The summed E-state index contributed by atoms with van der Waals surface area (Å²) in [5, 5.41) is 2.45. The lowest BCUT2D eigenvalue weighted by Gasteiger charge is -2.25. The van der Waals surface area contributed by atoms with Gasteiger partial charge in [0.05, 0.1) is 10.8 Å². The Bertz CT molecular complexity index is 1410. The molecule has 1 atom stereocenters. The van der Waals surface area contributed by atoms with Crippen molar-refractivity contribution in [1.29, 1.82) is 0 Å². The summed E-state index contributed by atoms with van der Waals surface area (Å²) >= 11 is 4.74. The summed E-state index contributed by atoms with van der Waals surface area (Å²) in [6.07, 6.45) is 3.64. The van der Waals surface area contributed by atoms with Gasteiger partial charge in [-0.15, -0.1) is 0 Å². The fourth-order valence-corrected chi connectivity index (χ4v) is 4.96. The highest BCUT2D eigenvalue weighted by Gasteiger charge is 2.19. The van der Waals surface area contributed by atoms with E-state index in [1.54, 1.807) is 0 Å². The topological polar surface area (TPSA) is 12.4 Å². The molecular formula is C32H29NS. The first-order valence-corrected chi connectivity index (χ1v) is 12.2. The molecule has 168 valence electrons. The first kappa shape index (κ1) is 23.7. The zero-order valence-corrected chi connectivity index (χ0v) is 21.4. The molecule has 3 aromatic rings. The fraction of sp³-hybridized carbons (Fsp3) is 0.281. The van der Waals surface area contributed by atoms with E-state index in [4.69, 9.17) is 12.2 Å². The van der Waals surface area contributed by atoms with Gasteiger partial charge in [0.2, 0.25) is 0 Å². The third kappa shape index (κ3) is 5.21. The molecule has 0 fully saturated rings. The number of fused-ring (bicyclic) bond motifs is 1. The second-order valence-electron chi connectivity index (χ2n) is 9.42. The summed E-state index contributed by atoms with van der Waals surface area (Å²) in [7, 11) is 0. The average molecular weight is 460 g/mol. The van der Waals surface area contributed by atoms with Gasteiger partial charge in [-0.05, 0) is 135 Å². The molecule has 0 radical (unpaired) electrons. The minimum absolute atomic E-state index is 0.780. The number of rotatable bonds is 1. The molecule has 0 N–H and O–H groups in total. The second kappa shape index (κ2) is 10.2. The van der Waals surface area contributed by atoms with Gasteiger partial charge >= 0.3 is 0 Å². The summed E-state index contributed by atoms with van der Waals surface area (Å²) in [6.45, 7) is 10.8. The van der Waals surface area contributed by atoms with Crippen molar-refractivity contribution in [3.63, 3.8) is 0 Å². The van der Waals surface area contributed by atoms with E-state index in [9.17, 15) is 0 Å². The smallest absolute Gasteiger partial charge is 0.0798 e. The molecule has 4 rings (SSSR count). The molecule has 0 amide bonds. The van der Waals surface area contributed by atoms with Crippen molar-refractivity contribution in [2.45, 2.75) is 53.9 Å². The number of hydrogen-bond donors (Lipinski definition) is 0. The number of benzene rings is 3. The minimum atomic E-state index is 0.780. The maximum Gasteiger partial charge on any atom is 0.0798 e. The van der Waals surface area contributed by atoms with Crippen LogP contribution in [0.25, 0.3) is 0 Å². The fourth-order valence-electron chi connectivity index (χ4n) is 4.86. The second-order valence-corrected chi connectivity index (χ2v) is 9.60. The Kier molecular flexibility index (Phi) is 7.14. The van der Waals surface area contributed by atoms with Crippen LogP contribution in [0, 0.1) is 57.3 Å². The Hall–Kier alpha value is -3.42. The highest BCUT2D eigenvalue weighted by Crippen LogP contribution is 2.31. The Morgan fingerprint density at radius 1 is 0.794 bits per heavy atom. The van der Waals surface area contributed by atoms with Crippen molar-refractivity contribution in [3.05, 3.63) is 98.1 Å². The van der Waals surface area contributed by atoms with Crippen LogP contribution in [0.1, 0.15) is 69.0 Å². The van der Waals surface area contributed by atoms with Crippen LogP contribution in [0.3, 0.4) is 0 Å². The maximum absolute atomic E-state index is 4.74. The van der Waals surface area contributed by atoms with Crippen molar-refractivity contribution in [3.8, 4) is 23.7 Å². The van der Waals surface area contributed by atoms with Gasteiger partial charge in [0.15, 0.2) is 0 Å². The van der Waals surface area contributed by atoms with Crippen LogP contribution in [0.15, 0.2) is 47.5 Å². The first-order valence-electron chi connectivity index (χ1n) is 11.8. The van der Waals surface area contributed by atoms with Crippen molar-refractivity contribution in [2.75, 3.05) is 0 Å². The van der Waals surface area contributed by atoms with E-state index in [-0.39, 0.29) is 0 Å². The van der Waals surface area contributed by atoms with Gasteiger partial charge in [0.1, 0.15) is 0 Å². The molecule has 0 spiro atoms. The number of hydrogen-bond acceptors (Lipinski definition) is 2. The Morgan fingerprint density at radius 3 is 2.00 bits per heavy atom. The average Bonchev–Trinajstić information content (AvgIpc) is 2.80. The van der Waals surface area contributed by atoms with Crippen molar-refractivity contribution in [1.82, 2.24) is 0 Å². The summed E-state index contributed by atoms with van der Waals surface area (Å²) in [5.74, 6) is 14.1. The van der Waals surface area contributed by atoms with Crippen molar-refractivity contribution >= 4 is 23.1 Å². The van der Waals surface area contributed by atoms with Crippen LogP contribution < -0.4 is 0 Å². The van der Waals surface area contributed by atoms with E-state index >= 15 is 0 Å². The number of thiocarbonyl (C=S) groups is 1. The third-order valence-corrected chi connectivity index (χ3v) is 6.76. The van der Waals surface area contributed by atoms with Crippen molar-refractivity contribution in [2.24, 2.45) is 10.9 Å². The largest absolute Gasteiger partial charge is 0.194 e. The van der Waals surface area contributed by atoms with Crippen LogP contribution in [-0.4, -0.2) is 5.16 Å². The number of nitrogens with zero attached hydrogens (tertiary/aromatic N) is 1. The van der Waals surface area contributed by atoms with Gasteiger partial charge in [-0.2, -0.15) is 4.99 Å². The molecule has 1 unspecified atom stereocenters. The molecule has 2 heteroatoms. The molecule has 34 heavy (non-hydrogen) atoms. The molecule has 3 aromatic carbocycles. The molecule has 1 aliphatic rings. The van der Waals surface area contributed by atoms with E-state index in [1.807, 2.05) is 38.1 Å². The number of aryl methyl sites for hydroxylation is 3. The van der Waals surface area contributed by atoms with Crippen LogP contribution in [0.2, 0.25) is 0 Å². The lowest BCUT2D eigenvalue weighted by Crippen LogP contribution is -2.14. The van der Waals surface area contributed by atoms with Gasteiger partial charge in [-0.1, -0.05) is 36.7 Å². The van der Waals surface area contributed by atoms with Crippen molar-refractivity contribution < 1.29 is 0 Å². The quantitative estimate of drug-likeness (QED) is 0.208. The van der Waals surface area contributed by atoms with Gasteiger partial charge in [0, 0.05) is 22.3 Å². The van der Waals surface area contributed by atoms with E-state index < -0.39 is 0 Å². The highest BCUT2D eigenvalue weighted by atomic mass is 32.1. The van der Waals surface area contributed by atoms with Gasteiger partial charge < -0.3 is 0 Å². The lowest BCUT2D eigenvalue weighted by molar-refractivity contribution is 0.499. The van der Waals surface area contributed by atoms with Crippen LogP contribution in [0.5, 0.6) is 0 Å². The Labute approximate surface area is 209 Å². The third-order valence-electron chi connectivity index (χ3n) is 6.67. The molecule has 0 aliphatic heterocycles. The molecule has 0 saturated heterocycles. The zero-order valence-electron chi connectivity index (χ0n) is 20.6. The van der Waals surface area contributed by atoms with Gasteiger partial charge in [-0.3, -0.25) is 0 Å². The Morgan fingerprint density at radius 2 is 1.38 bits per heavy atom. The van der Waals surface area contributed by atoms with Crippen LogP contribution in [-0.2, 0) is 12.8 Å². The number of aliphatic imine (C=N–C) groups is 1. The molecule has 0 heterocycles. The standard InChI is InChI=1S/C32H29NS/c1-21-6-14-31-25(5)30(22(2)19-29(31)16-21)15-13-27-9-7-26(8-10-27)11-12-28-17-23(3)32(33-20-34)24(4)18-28/h7-10,17-19,21H,6,14,16H2,1-5H3. The summed E-state index contributed by atoms with van der Waals surface area (Å²) in [6, 6.07) is 14.6. The summed E-state index contributed by atoms with van der Waals surface area (Å²) in [4.78, 5) is 4.15. The molecule has 0 bridgehead atoms. The van der Waals surface area contributed by atoms with Crippen LogP contribution in [0.4, 0.5) is 5.69 Å². The summed E-state index contributed by atoms with van der Waals surface area (Å²) < 4.78 is 0. The lowest BCUT2D eigenvalue weighted by atomic mass is 9.80. The monoisotopic (exact) mass is 459 g/mol. The molecule has 0 aromatic heterocycles. The van der Waals surface area contributed by atoms with E-state index in [2.05, 4.69) is 72.8 Å². The number of isothiocyanates is 1. The predicted octanol–water partition coefficient (Wildman–Crippen LogP) is 7.58. The first-order chi connectivity index (χ1) is 16.4. The zero-order chi connectivity index (χ0) is 24.2. The molecular weight excluding hydrogens is 430 g/mol. The highest BCUT2D eigenvalue weighted by molar-refractivity contribution is 7.78. The van der Waals surface area contributed by atoms with Gasteiger partial charge in [-0.25, -0.2) is 0 Å². The van der Waals surface area contributed by atoms with E-state index in [0.717, 1.165) is 39.4 Å². The normalized spacial score (nSPS) is 14.1. The van der Waals surface area contributed by atoms with E-state index in [1.165, 1.54) is 47.1 Å². The Balaban J connectivity index is 1.55.